The van der Waals surface area contributed by atoms with Crippen LogP contribution in [0.5, 0.6) is 0 Å². The van der Waals surface area contributed by atoms with E-state index in [1.54, 1.807) is 18.2 Å². The molecule has 0 radical (unpaired) electrons. The van der Waals surface area contributed by atoms with Gasteiger partial charge in [0.25, 0.3) is 5.91 Å². The lowest BCUT2D eigenvalue weighted by Gasteiger charge is -2.22. The molecule has 1 aromatic rings. The number of carbonyl (C=O) groups excluding carboxylic acids is 1. The first-order valence-electron chi connectivity index (χ1n) is 5.62. The molecule has 1 unspecified atom stereocenters. The van der Waals surface area contributed by atoms with Gasteiger partial charge in [0.2, 0.25) is 0 Å². The van der Waals surface area contributed by atoms with Crippen molar-refractivity contribution in [2.45, 2.75) is 26.2 Å². The van der Waals surface area contributed by atoms with Gasteiger partial charge in [-0.15, -0.1) is 0 Å². The van der Waals surface area contributed by atoms with Crippen LogP contribution in [0.1, 0.15) is 22.8 Å². The van der Waals surface area contributed by atoms with Crippen LogP contribution < -0.4 is 5.32 Å². The zero-order valence-corrected chi connectivity index (χ0v) is 11.7. The number of nitrogens with one attached hydrogen (secondary N) is 1. The molecule has 0 saturated heterocycles. The van der Waals surface area contributed by atoms with Crippen molar-refractivity contribution < 1.29 is 14.3 Å². The molecule has 0 spiro atoms. The second-order valence-corrected chi connectivity index (χ2v) is 4.50. The highest BCUT2D eigenvalue weighted by Crippen LogP contribution is 2.15. The summed E-state index contributed by atoms with van der Waals surface area (Å²) in [5.41, 5.74) is 1.43. The molecule has 0 saturated carbocycles. The Labute approximate surface area is 112 Å². The van der Waals surface area contributed by atoms with Crippen molar-refractivity contribution in [3.8, 4) is 0 Å². The minimum Gasteiger partial charge on any atom is -0.354 e. The van der Waals surface area contributed by atoms with Gasteiger partial charge in [0.15, 0.2) is 6.29 Å². The molecule has 0 aromatic heterocycles. The molecular formula is C13H18ClNO3. The average Bonchev–Trinajstić information content (AvgIpc) is 2.30. The topological polar surface area (TPSA) is 47.6 Å². The number of methoxy groups -OCH3 is 2. The summed E-state index contributed by atoms with van der Waals surface area (Å²) >= 11 is 5.85. The molecule has 0 fully saturated rings. The molecule has 100 valence electrons. The molecule has 18 heavy (non-hydrogen) atoms. The average molecular weight is 272 g/mol. The van der Waals surface area contributed by atoms with Gasteiger partial charge in [0.1, 0.15) is 0 Å². The third kappa shape index (κ3) is 3.70. The fraction of sp³-hybridized carbons (Fsp3) is 0.462. The third-order valence-corrected chi connectivity index (χ3v) is 2.90. The van der Waals surface area contributed by atoms with E-state index in [4.69, 9.17) is 21.1 Å². The normalized spacial score (nSPS) is 12.6. The van der Waals surface area contributed by atoms with Crippen molar-refractivity contribution in [2.75, 3.05) is 14.2 Å². The standard InChI is InChI=1S/C13H18ClNO3/c1-8-7-10(14)5-6-11(8)12(16)15-9(2)13(17-3)18-4/h5-7,9,13H,1-4H3,(H,15,16). The Morgan fingerprint density at radius 1 is 1.33 bits per heavy atom. The zero-order valence-electron chi connectivity index (χ0n) is 11.0. The highest BCUT2D eigenvalue weighted by molar-refractivity contribution is 6.30. The Hall–Kier alpha value is -1.10. The summed E-state index contributed by atoms with van der Waals surface area (Å²) in [6, 6.07) is 4.90. The van der Waals surface area contributed by atoms with E-state index in [9.17, 15) is 4.79 Å². The van der Waals surface area contributed by atoms with Crippen LogP contribution in [-0.2, 0) is 9.47 Å². The molecule has 0 bridgehead atoms. The quantitative estimate of drug-likeness (QED) is 0.837. The molecule has 1 rings (SSSR count). The second kappa shape index (κ2) is 6.73. The number of carbonyl (C=O) groups is 1. The van der Waals surface area contributed by atoms with Gasteiger partial charge >= 0.3 is 0 Å². The first-order valence-corrected chi connectivity index (χ1v) is 6.00. The van der Waals surface area contributed by atoms with E-state index < -0.39 is 6.29 Å². The van der Waals surface area contributed by atoms with E-state index in [0.717, 1.165) is 5.56 Å². The van der Waals surface area contributed by atoms with Crippen molar-refractivity contribution in [3.05, 3.63) is 34.3 Å². The van der Waals surface area contributed by atoms with Crippen molar-refractivity contribution in [3.63, 3.8) is 0 Å². The lowest BCUT2D eigenvalue weighted by atomic mass is 10.1. The monoisotopic (exact) mass is 271 g/mol. The Morgan fingerprint density at radius 3 is 2.44 bits per heavy atom. The van der Waals surface area contributed by atoms with Gasteiger partial charge < -0.3 is 14.8 Å². The molecule has 0 heterocycles. The number of hydrogen-bond donors (Lipinski definition) is 1. The first kappa shape index (κ1) is 15.0. The molecule has 0 aliphatic heterocycles. The maximum absolute atomic E-state index is 12.1. The van der Waals surface area contributed by atoms with E-state index in [1.807, 2.05) is 13.8 Å². The number of hydrogen-bond acceptors (Lipinski definition) is 3. The number of halogens is 1. The fourth-order valence-electron chi connectivity index (χ4n) is 1.74. The molecule has 5 heteroatoms. The molecule has 1 amide bonds. The minimum absolute atomic E-state index is 0.171. The van der Waals surface area contributed by atoms with Gasteiger partial charge in [-0.1, -0.05) is 11.6 Å². The molecular weight excluding hydrogens is 254 g/mol. The predicted octanol–water partition coefficient (Wildman–Crippen LogP) is 2.39. The second-order valence-electron chi connectivity index (χ2n) is 4.06. The highest BCUT2D eigenvalue weighted by atomic mass is 35.5. The van der Waals surface area contributed by atoms with Gasteiger partial charge in [-0.3, -0.25) is 4.79 Å². The van der Waals surface area contributed by atoms with Crippen LogP contribution in [0, 0.1) is 6.92 Å². The third-order valence-electron chi connectivity index (χ3n) is 2.66. The molecule has 4 nitrogen and oxygen atoms in total. The largest absolute Gasteiger partial charge is 0.354 e. The van der Waals surface area contributed by atoms with Crippen molar-refractivity contribution in [2.24, 2.45) is 0 Å². The number of ether oxygens (including phenoxy) is 2. The summed E-state index contributed by atoms with van der Waals surface area (Å²) in [7, 11) is 3.06. The summed E-state index contributed by atoms with van der Waals surface area (Å²) in [5.74, 6) is -0.171. The Kier molecular flexibility index (Phi) is 5.59. The lowest BCUT2D eigenvalue weighted by molar-refractivity contribution is -0.117. The Morgan fingerprint density at radius 2 is 1.94 bits per heavy atom. The maximum Gasteiger partial charge on any atom is 0.251 e. The van der Waals surface area contributed by atoms with Crippen LogP contribution in [-0.4, -0.2) is 32.5 Å². The number of aryl methyl sites for hydroxylation is 1. The summed E-state index contributed by atoms with van der Waals surface area (Å²) in [6.07, 6.45) is -0.471. The van der Waals surface area contributed by atoms with Gasteiger partial charge in [-0.2, -0.15) is 0 Å². The van der Waals surface area contributed by atoms with Crippen LogP contribution in [0.25, 0.3) is 0 Å². The van der Waals surface area contributed by atoms with Gasteiger partial charge in [-0.05, 0) is 37.6 Å². The molecule has 1 atom stereocenters. The van der Waals surface area contributed by atoms with Crippen molar-refractivity contribution >= 4 is 17.5 Å². The molecule has 0 aliphatic rings. The lowest BCUT2D eigenvalue weighted by Crippen LogP contribution is -2.43. The summed E-state index contributed by atoms with van der Waals surface area (Å²) in [5, 5.41) is 3.44. The van der Waals surface area contributed by atoms with E-state index >= 15 is 0 Å². The Bertz CT molecular complexity index is 419. The Balaban J connectivity index is 2.76. The van der Waals surface area contributed by atoms with E-state index in [0.29, 0.717) is 10.6 Å². The van der Waals surface area contributed by atoms with E-state index in [2.05, 4.69) is 5.32 Å². The van der Waals surface area contributed by atoms with Crippen LogP contribution in [0.15, 0.2) is 18.2 Å². The minimum atomic E-state index is -0.471. The van der Waals surface area contributed by atoms with Gasteiger partial charge in [0, 0.05) is 24.8 Å². The summed E-state index contributed by atoms with van der Waals surface area (Å²) in [6.45, 7) is 3.66. The van der Waals surface area contributed by atoms with Gasteiger partial charge in [0.05, 0.1) is 6.04 Å². The number of amides is 1. The fourth-order valence-corrected chi connectivity index (χ4v) is 1.97. The van der Waals surface area contributed by atoms with Crippen LogP contribution in [0.3, 0.4) is 0 Å². The van der Waals surface area contributed by atoms with E-state index in [1.165, 1.54) is 14.2 Å². The zero-order chi connectivity index (χ0) is 13.7. The number of rotatable bonds is 5. The predicted molar refractivity (Wildman–Crippen MR) is 70.9 cm³/mol. The van der Waals surface area contributed by atoms with Crippen LogP contribution >= 0.6 is 11.6 Å². The van der Waals surface area contributed by atoms with Crippen molar-refractivity contribution in [1.82, 2.24) is 5.32 Å². The molecule has 1 aromatic carbocycles. The smallest absolute Gasteiger partial charge is 0.251 e. The number of benzene rings is 1. The summed E-state index contributed by atoms with van der Waals surface area (Å²) < 4.78 is 10.2. The molecule has 1 N–H and O–H groups in total. The van der Waals surface area contributed by atoms with E-state index in [-0.39, 0.29) is 11.9 Å². The SMILES string of the molecule is COC(OC)C(C)NC(=O)c1ccc(Cl)cc1C. The molecule has 0 aliphatic carbocycles. The van der Waals surface area contributed by atoms with Crippen molar-refractivity contribution in [1.29, 1.82) is 0 Å². The van der Waals surface area contributed by atoms with Gasteiger partial charge in [-0.25, -0.2) is 0 Å². The highest BCUT2D eigenvalue weighted by Gasteiger charge is 2.19. The maximum atomic E-state index is 12.1. The van der Waals surface area contributed by atoms with Crippen LogP contribution in [0.2, 0.25) is 5.02 Å². The van der Waals surface area contributed by atoms with Crippen LogP contribution in [0.4, 0.5) is 0 Å². The summed E-state index contributed by atoms with van der Waals surface area (Å²) in [4.78, 5) is 12.1. The first-order chi connectivity index (χ1) is 8.49.